The third kappa shape index (κ3) is 1.48. The maximum atomic E-state index is 11.6. The lowest BCUT2D eigenvalue weighted by Gasteiger charge is -2.14. The second-order valence-corrected chi connectivity index (χ2v) is 3.59. The number of fused-ring (bicyclic) bond motifs is 1. The van der Waals surface area contributed by atoms with Crippen molar-refractivity contribution in [3.05, 3.63) is 35.0 Å². The Kier molecular flexibility index (Phi) is 2.19. The number of rotatable bonds is 0. The highest BCUT2D eigenvalue weighted by Gasteiger charge is 2.25. The molecule has 0 unspecified atom stereocenters. The number of carbonyl (C=O) groups is 1. The van der Waals surface area contributed by atoms with Crippen molar-refractivity contribution >= 4 is 17.3 Å². The first-order valence-electron chi connectivity index (χ1n) is 4.75. The lowest BCUT2D eigenvalue weighted by atomic mass is 10.1. The van der Waals surface area contributed by atoms with E-state index in [-0.39, 0.29) is 12.5 Å². The molecule has 0 atom stereocenters. The Morgan fingerprint density at radius 3 is 2.80 bits per heavy atom. The molecule has 0 N–H and O–H groups in total. The van der Waals surface area contributed by atoms with E-state index in [2.05, 4.69) is 0 Å². The van der Waals surface area contributed by atoms with Gasteiger partial charge in [-0.15, -0.1) is 0 Å². The van der Waals surface area contributed by atoms with E-state index in [1.807, 2.05) is 24.3 Å². The standard InChI is InChI=1S/C11H12N2O2/c1-8-9-5-3-4-6-10(9)12(2)11(14)7-13(8)15/h3-6H,7H2,1-2H3. The first kappa shape index (κ1) is 9.71. The number of hydroxylamine groups is 1. The van der Waals surface area contributed by atoms with E-state index in [0.29, 0.717) is 5.71 Å². The van der Waals surface area contributed by atoms with Crippen LogP contribution in [0.25, 0.3) is 0 Å². The van der Waals surface area contributed by atoms with E-state index in [9.17, 15) is 10.0 Å². The highest BCUT2D eigenvalue weighted by Crippen LogP contribution is 2.22. The van der Waals surface area contributed by atoms with Gasteiger partial charge in [-0.25, -0.2) is 0 Å². The van der Waals surface area contributed by atoms with Crippen LogP contribution in [0.2, 0.25) is 0 Å². The topological polar surface area (TPSA) is 46.4 Å². The summed E-state index contributed by atoms with van der Waals surface area (Å²) < 4.78 is 0.741. The molecule has 0 aromatic heterocycles. The molecule has 1 aliphatic heterocycles. The second kappa shape index (κ2) is 3.38. The Labute approximate surface area is 88.0 Å². The summed E-state index contributed by atoms with van der Waals surface area (Å²) in [6.45, 7) is 1.62. The molecule has 1 heterocycles. The van der Waals surface area contributed by atoms with Crippen LogP contribution in [0, 0.1) is 5.21 Å². The Bertz CT molecular complexity index is 452. The van der Waals surface area contributed by atoms with E-state index in [0.717, 1.165) is 16.0 Å². The van der Waals surface area contributed by atoms with Gasteiger partial charge in [-0.3, -0.25) is 4.79 Å². The smallest absolute Gasteiger partial charge is 0.293 e. The molecule has 78 valence electrons. The molecule has 0 radical (unpaired) electrons. The number of hydrogen-bond acceptors (Lipinski definition) is 2. The van der Waals surface area contributed by atoms with Crippen LogP contribution in [0.15, 0.2) is 24.3 Å². The molecule has 0 bridgehead atoms. The lowest BCUT2D eigenvalue weighted by molar-refractivity contribution is -0.444. The zero-order chi connectivity index (χ0) is 11.0. The van der Waals surface area contributed by atoms with Crippen LogP contribution < -0.4 is 4.90 Å². The predicted molar refractivity (Wildman–Crippen MR) is 58.1 cm³/mol. The monoisotopic (exact) mass is 204 g/mol. The molecule has 0 saturated carbocycles. The Balaban J connectivity index is 2.67. The minimum atomic E-state index is -0.186. The minimum Gasteiger partial charge on any atom is -0.623 e. The van der Waals surface area contributed by atoms with Crippen molar-refractivity contribution in [2.75, 3.05) is 18.5 Å². The largest absolute Gasteiger partial charge is 0.623 e. The summed E-state index contributed by atoms with van der Waals surface area (Å²) in [5, 5.41) is 11.6. The van der Waals surface area contributed by atoms with Gasteiger partial charge >= 0.3 is 0 Å². The molecular formula is C11H12N2O2. The fourth-order valence-electron chi connectivity index (χ4n) is 1.69. The number of benzodiazepines with no additional fused rings is 1. The van der Waals surface area contributed by atoms with Crippen LogP contribution in [0.3, 0.4) is 0 Å². The second-order valence-electron chi connectivity index (χ2n) is 3.59. The van der Waals surface area contributed by atoms with Crippen molar-refractivity contribution in [3.63, 3.8) is 0 Å². The van der Waals surface area contributed by atoms with Crippen LogP contribution in [-0.4, -0.2) is 30.0 Å². The third-order valence-electron chi connectivity index (χ3n) is 2.68. The van der Waals surface area contributed by atoms with Crippen LogP contribution in [0.1, 0.15) is 12.5 Å². The van der Waals surface area contributed by atoms with E-state index >= 15 is 0 Å². The number of para-hydroxylation sites is 1. The fourth-order valence-corrected chi connectivity index (χ4v) is 1.69. The summed E-state index contributed by atoms with van der Waals surface area (Å²) in [5.74, 6) is -0.186. The van der Waals surface area contributed by atoms with Gasteiger partial charge in [-0.05, 0) is 12.1 Å². The van der Waals surface area contributed by atoms with Crippen molar-refractivity contribution in [2.24, 2.45) is 0 Å². The molecule has 0 spiro atoms. The van der Waals surface area contributed by atoms with Crippen molar-refractivity contribution in [2.45, 2.75) is 6.92 Å². The zero-order valence-corrected chi connectivity index (χ0v) is 8.73. The number of anilines is 1. The molecule has 2 rings (SSSR count). The summed E-state index contributed by atoms with van der Waals surface area (Å²) in [4.78, 5) is 13.1. The van der Waals surface area contributed by atoms with Crippen molar-refractivity contribution < 1.29 is 9.53 Å². The lowest BCUT2D eigenvalue weighted by Crippen LogP contribution is -2.31. The number of hydrogen-bond donors (Lipinski definition) is 0. The molecule has 15 heavy (non-hydrogen) atoms. The van der Waals surface area contributed by atoms with Crippen molar-refractivity contribution in [1.82, 2.24) is 0 Å². The van der Waals surface area contributed by atoms with E-state index < -0.39 is 0 Å². The summed E-state index contributed by atoms with van der Waals surface area (Å²) in [6.07, 6.45) is 0. The average Bonchev–Trinajstić information content (AvgIpc) is 2.33. The molecular weight excluding hydrogens is 192 g/mol. The summed E-state index contributed by atoms with van der Waals surface area (Å²) in [7, 11) is 1.69. The molecule has 0 saturated heterocycles. The minimum absolute atomic E-state index is 0.114. The van der Waals surface area contributed by atoms with E-state index in [4.69, 9.17) is 0 Å². The summed E-state index contributed by atoms with van der Waals surface area (Å²) in [5.41, 5.74) is 2.20. The maximum absolute atomic E-state index is 11.6. The van der Waals surface area contributed by atoms with Gasteiger partial charge in [0.25, 0.3) is 5.91 Å². The number of nitrogens with zero attached hydrogens (tertiary/aromatic N) is 2. The van der Waals surface area contributed by atoms with Gasteiger partial charge < -0.3 is 10.1 Å². The van der Waals surface area contributed by atoms with Gasteiger partial charge in [-0.1, -0.05) is 12.1 Å². The average molecular weight is 204 g/mol. The summed E-state index contributed by atoms with van der Waals surface area (Å²) in [6, 6.07) is 7.41. The molecule has 1 aromatic carbocycles. The fraction of sp³-hybridized carbons (Fsp3) is 0.273. The Morgan fingerprint density at radius 2 is 2.07 bits per heavy atom. The van der Waals surface area contributed by atoms with Gasteiger partial charge in [-0.2, -0.15) is 4.74 Å². The van der Waals surface area contributed by atoms with Crippen LogP contribution >= 0.6 is 0 Å². The Hall–Kier alpha value is -1.84. The van der Waals surface area contributed by atoms with Gasteiger partial charge in [0.1, 0.15) is 0 Å². The third-order valence-corrected chi connectivity index (χ3v) is 2.68. The predicted octanol–water partition coefficient (Wildman–Crippen LogP) is 0.982. The maximum Gasteiger partial charge on any atom is 0.293 e. The van der Waals surface area contributed by atoms with Gasteiger partial charge in [0.05, 0.1) is 11.3 Å². The molecule has 4 heteroatoms. The van der Waals surface area contributed by atoms with Gasteiger partial charge in [0.15, 0.2) is 5.71 Å². The zero-order valence-electron chi connectivity index (χ0n) is 8.73. The van der Waals surface area contributed by atoms with Crippen LogP contribution in [-0.2, 0) is 4.79 Å². The Morgan fingerprint density at radius 1 is 1.40 bits per heavy atom. The first-order chi connectivity index (χ1) is 7.11. The number of amides is 1. The summed E-state index contributed by atoms with van der Waals surface area (Å²) >= 11 is 0. The SMILES string of the molecule is CC1=[N+]([O-])CC(=O)N(C)c2ccccc21. The molecule has 0 fully saturated rings. The number of carbonyl (C=O) groups excluding carboxylic acids is 1. The normalized spacial score (nSPS) is 16.4. The number of likely N-dealkylation sites (N-methyl/N-ethyl adjacent to an activating group) is 1. The van der Waals surface area contributed by atoms with Gasteiger partial charge in [0, 0.05) is 14.0 Å². The molecule has 1 amide bonds. The number of benzene rings is 1. The van der Waals surface area contributed by atoms with Gasteiger partial charge in [0.2, 0.25) is 6.54 Å². The van der Waals surface area contributed by atoms with E-state index in [1.165, 1.54) is 4.90 Å². The van der Waals surface area contributed by atoms with Crippen LogP contribution in [0.5, 0.6) is 0 Å². The molecule has 0 aliphatic carbocycles. The molecule has 1 aromatic rings. The molecule has 4 nitrogen and oxygen atoms in total. The van der Waals surface area contributed by atoms with E-state index in [1.54, 1.807) is 14.0 Å². The van der Waals surface area contributed by atoms with Crippen molar-refractivity contribution in [3.8, 4) is 0 Å². The molecule has 1 aliphatic rings. The first-order valence-corrected chi connectivity index (χ1v) is 4.75. The van der Waals surface area contributed by atoms with Crippen molar-refractivity contribution in [1.29, 1.82) is 0 Å². The highest BCUT2D eigenvalue weighted by atomic mass is 16.5. The van der Waals surface area contributed by atoms with Crippen LogP contribution in [0.4, 0.5) is 5.69 Å². The quantitative estimate of drug-likeness (QED) is 0.467. The highest BCUT2D eigenvalue weighted by molar-refractivity contribution is 6.07.